The molecule has 1 N–H and O–H groups in total. The summed E-state index contributed by atoms with van der Waals surface area (Å²) in [6.07, 6.45) is -4.98. The van der Waals surface area contributed by atoms with Crippen LogP contribution < -0.4 is 0 Å². The quantitative estimate of drug-likeness (QED) is 0.150. The first-order chi connectivity index (χ1) is 16.2. The van der Waals surface area contributed by atoms with Crippen LogP contribution in [0.4, 0.5) is 22.4 Å². The molecule has 0 atom stereocenters. The molecular formula is C21H24F4IN5O3Si. The van der Waals surface area contributed by atoms with Crippen LogP contribution in [-0.4, -0.2) is 57.6 Å². The molecule has 0 saturated carbocycles. The predicted molar refractivity (Wildman–Crippen MR) is 132 cm³/mol. The summed E-state index contributed by atoms with van der Waals surface area (Å²) in [5.74, 6) is -1.65. The van der Waals surface area contributed by atoms with Gasteiger partial charge < -0.3 is 14.7 Å². The zero-order chi connectivity index (χ0) is 26.1. The molecule has 0 aliphatic heterocycles. The average Bonchev–Trinajstić information content (AvgIpc) is 3.04. The Morgan fingerprint density at radius 1 is 1.29 bits per heavy atom. The fourth-order valence-electron chi connectivity index (χ4n) is 3.22. The number of nitrogens with zero attached hydrogens (tertiary/aromatic N) is 5. The molecule has 190 valence electrons. The first-order valence-corrected chi connectivity index (χ1v) is 15.3. The van der Waals surface area contributed by atoms with E-state index < -0.39 is 49.7 Å². The van der Waals surface area contributed by atoms with Crippen molar-refractivity contribution in [1.82, 2.24) is 24.6 Å². The van der Waals surface area contributed by atoms with Crippen molar-refractivity contribution in [2.75, 3.05) is 13.7 Å². The van der Waals surface area contributed by atoms with E-state index in [2.05, 4.69) is 34.7 Å². The van der Waals surface area contributed by atoms with Crippen LogP contribution in [0.25, 0.3) is 22.4 Å². The molecule has 3 aromatic rings. The third-order valence-corrected chi connectivity index (χ3v) is 7.52. The van der Waals surface area contributed by atoms with Crippen molar-refractivity contribution in [3.05, 3.63) is 39.0 Å². The number of hydrogen-bond acceptors (Lipinski definition) is 5. The summed E-state index contributed by atoms with van der Waals surface area (Å²) in [5, 5.41) is 13.3. The van der Waals surface area contributed by atoms with Gasteiger partial charge in [0.2, 0.25) is 0 Å². The van der Waals surface area contributed by atoms with Crippen molar-refractivity contribution < 1.29 is 32.2 Å². The maximum Gasteiger partial charge on any atom is 0.417 e. The van der Waals surface area contributed by atoms with Crippen molar-refractivity contribution >= 4 is 47.8 Å². The van der Waals surface area contributed by atoms with Gasteiger partial charge in [0.15, 0.2) is 5.82 Å². The lowest BCUT2D eigenvalue weighted by Crippen LogP contribution is -2.24. The number of carboxylic acid groups (broad SMARTS) is 1. The molecule has 14 heteroatoms. The Kier molecular flexibility index (Phi) is 8.05. The van der Waals surface area contributed by atoms with Crippen molar-refractivity contribution in [2.45, 2.75) is 45.1 Å². The molecule has 0 aliphatic rings. The van der Waals surface area contributed by atoms with E-state index in [0.717, 1.165) is 17.0 Å². The minimum atomic E-state index is -4.92. The van der Waals surface area contributed by atoms with Gasteiger partial charge in [0.05, 0.1) is 17.3 Å². The second-order valence-corrected chi connectivity index (χ2v) is 15.8. The SMILES string of the molecule is CN(Cc1cc(F)c(-c2ncc3c(n2)c(I)nn3COCC[Si](C)(C)C)c(C(F)(F)F)c1)C(=O)O. The van der Waals surface area contributed by atoms with Crippen LogP contribution in [0.2, 0.25) is 25.7 Å². The molecule has 1 amide bonds. The average molecular weight is 625 g/mol. The maximum absolute atomic E-state index is 15.0. The molecule has 2 aromatic heterocycles. The van der Waals surface area contributed by atoms with Crippen molar-refractivity contribution in [3.8, 4) is 11.4 Å². The fraction of sp³-hybridized carbons (Fsp3) is 0.429. The van der Waals surface area contributed by atoms with Crippen molar-refractivity contribution in [3.63, 3.8) is 0 Å². The molecule has 2 heterocycles. The number of hydrogen-bond donors (Lipinski definition) is 1. The summed E-state index contributed by atoms with van der Waals surface area (Å²) in [5.41, 5.74) is -1.53. The molecule has 35 heavy (non-hydrogen) atoms. The zero-order valence-corrected chi connectivity index (χ0v) is 22.6. The van der Waals surface area contributed by atoms with Crippen LogP contribution in [0, 0.1) is 9.52 Å². The molecule has 0 unspecified atom stereocenters. The highest BCUT2D eigenvalue weighted by Crippen LogP contribution is 2.39. The van der Waals surface area contributed by atoms with Gasteiger partial charge in [-0.1, -0.05) is 19.6 Å². The maximum atomic E-state index is 15.0. The van der Waals surface area contributed by atoms with E-state index in [9.17, 15) is 18.0 Å². The predicted octanol–water partition coefficient (Wildman–Crippen LogP) is 5.68. The summed E-state index contributed by atoms with van der Waals surface area (Å²) in [4.78, 5) is 20.0. The van der Waals surface area contributed by atoms with Crippen LogP contribution in [0.5, 0.6) is 0 Å². The molecule has 0 bridgehead atoms. The van der Waals surface area contributed by atoms with Gasteiger partial charge in [-0.05, 0) is 46.3 Å². The number of fused-ring (bicyclic) bond motifs is 1. The molecule has 8 nitrogen and oxygen atoms in total. The van der Waals surface area contributed by atoms with Gasteiger partial charge >= 0.3 is 12.3 Å². The smallest absolute Gasteiger partial charge is 0.417 e. The standard InChI is InChI=1S/C21H24F4IN5O3Si/c1-30(20(32)33)10-12-7-13(21(23,24)25)16(14(22)8-12)19-27-9-15-17(28-19)18(26)29-31(15)11-34-5-6-35(2,3)4/h7-9H,5-6,10-11H2,1-4H3,(H,32,33). The minimum Gasteiger partial charge on any atom is -0.465 e. The highest BCUT2D eigenvalue weighted by atomic mass is 127. The molecular weight excluding hydrogens is 601 g/mol. The highest BCUT2D eigenvalue weighted by Gasteiger charge is 2.37. The third-order valence-electron chi connectivity index (χ3n) is 5.09. The second-order valence-electron chi connectivity index (χ2n) is 9.20. The Hall–Kier alpha value is -2.33. The summed E-state index contributed by atoms with van der Waals surface area (Å²) < 4.78 is 64.2. The summed E-state index contributed by atoms with van der Waals surface area (Å²) >= 11 is 1.90. The van der Waals surface area contributed by atoms with Crippen LogP contribution in [0.3, 0.4) is 0 Å². The number of rotatable bonds is 8. The molecule has 0 fully saturated rings. The molecule has 1 aromatic carbocycles. The minimum absolute atomic E-state index is 0.126. The second kappa shape index (κ2) is 10.3. The van der Waals surface area contributed by atoms with Gasteiger partial charge in [-0.2, -0.15) is 18.3 Å². The molecule has 0 saturated heterocycles. The lowest BCUT2D eigenvalue weighted by atomic mass is 10.0. The van der Waals surface area contributed by atoms with Crippen LogP contribution in [-0.2, 0) is 24.2 Å². The van der Waals surface area contributed by atoms with Crippen molar-refractivity contribution in [1.29, 1.82) is 0 Å². The van der Waals surface area contributed by atoms with E-state index >= 15 is 4.39 Å². The fourth-order valence-corrected chi connectivity index (χ4v) is 4.63. The Labute approximate surface area is 213 Å². The van der Waals surface area contributed by atoms with Gasteiger partial charge in [-0.15, -0.1) is 0 Å². The van der Waals surface area contributed by atoms with Gasteiger partial charge in [0.25, 0.3) is 0 Å². The number of amides is 1. The molecule has 0 radical (unpaired) electrons. The van der Waals surface area contributed by atoms with E-state index in [4.69, 9.17) is 9.84 Å². The Bertz CT molecular complexity index is 1250. The van der Waals surface area contributed by atoms with Gasteiger partial charge in [-0.3, -0.25) is 0 Å². The van der Waals surface area contributed by atoms with Gasteiger partial charge in [0.1, 0.15) is 27.3 Å². The van der Waals surface area contributed by atoms with Crippen molar-refractivity contribution in [2.24, 2.45) is 0 Å². The Morgan fingerprint density at radius 3 is 2.57 bits per heavy atom. The lowest BCUT2D eigenvalue weighted by Gasteiger charge is -2.18. The van der Waals surface area contributed by atoms with E-state index in [0.29, 0.717) is 21.9 Å². The normalized spacial score (nSPS) is 12.4. The highest BCUT2D eigenvalue weighted by molar-refractivity contribution is 14.1. The van der Waals surface area contributed by atoms with Gasteiger partial charge in [0, 0.05) is 28.3 Å². The largest absolute Gasteiger partial charge is 0.465 e. The first-order valence-electron chi connectivity index (χ1n) is 10.5. The Morgan fingerprint density at radius 2 is 1.97 bits per heavy atom. The first kappa shape index (κ1) is 27.3. The summed E-state index contributed by atoms with van der Waals surface area (Å²) in [6, 6.07) is 2.53. The lowest BCUT2D eigenvalue weighted by molar-refractivity contribution is -0.137. The number of aromatic nitrogens is 4. The number of carbonyl (C=O) groups is 1. The molecule has 0 aliphatic carbocycles. The van der Waals surface area contributed by atoms with E-state index in [1.807, 2.05) is 22.6 Å². The zero-order valence-electron chi connectivity index (χ0n) is 19.5. The summed E-state index contributed by atoms with van der Waals surface area (Å²) in [6.45, 7) is 6.93. The summed E-state index contributed by atoms with van der Waals surface area (Å²) in [7, 11) is -0.101. The number of ether oxygens (including phenoxy) is 1. The topological polar surface area (TPSA) is 93.4 Å². The van der Waals surface area contributed by atoms with E-state index in [1.54, 1.807) is 0 Å². The van der Waals surface area contributed by atoms with Gasteiger partial charge in [-0.25, -0.2) is 23.8 Å². The van der Waals surface area contributed by atoms with E-state index in [1.165, 1.54) is 17.9 Å². The number of alkyl halides is 3. The molecule has 3 rings (SSSR count). The van der Waals surface area contributed by atoms with E-state index in [-0.39, 0.29) is 17.8 Å². The molecule has 0 spiro atoms. The number of halogens is 5. The monoisotopic (exact) mass is 625 g/mol. The number of benzene rings is 1. The Balaban J connectivity index is 1.99. The van der Waals surface area contributed by atoms with Crippen LogP contribution in [0.15, 0.2) is 18.3 Å². The van der Waals surface area contributed by atoms with Crippen LogP contribution in [0.1, 0.15) is 11.1 Å². The third kappa shape index (κ3) is 6.66. The van der Waals surface area contributed by atoms with Crippen LogP contribution >= 0.6 is 22.6 Å².